The van der Waals surface area contributed by atoms with Crippen LogP contribution in [0.1, 0.15) is 52.7 Å². The van der Waals surface area contributed by atoms with Crippen LogP contribution >= 0.6 is 0 Å². The van der Waals surface area contributed by atoms with E-state index in [1.807, 2.05) is 68.1 Å². The first-order valence-corrected chi connectivity index (χ1v) is 10.8. The van der Waals surface area contributed by atoms with E-state index in [4.69, 9.17) is 4.74 Å². The molecule has 3 rings (SSSR count). The highest BCUT2D eigenvalue weighted by Crippen LogP contribution is 2.18. The Balaban J connectivity index is 1.36. The molecular weight excluding hydrogens is 376 g/mol. The first-order valence-electron chi connectivity index (χ1n) is 10.8. The molecule has 0 saturated carbocycles. The molecule has 5 heteroatoms. The van der Waals surface area contributed by atoms with Crippen LogP contribution in [-0.2, 0) is 4.79 Å². The SMILES string of the molecule is Cc1ccc(C(=O)N2CCC(NC(=O)CCCOc3ccccc3C)CC2)cc1C. The van der Waals surface area contributed by atoms with Crippen LogP contribution in [0.2, 0.25) is 0 Å². The maximum Gasteiger partial charge on any atom is 0.253 e. The number of para-hydroxylation sites is 1. The van der Waals surface area contributed by atoms with Crippen LogP contribution in [0.5, 0.6) is 5.75 Å². The van der Waals surface area contributed by atoms with Gasteiger partial charge in [-0.1, -0.05) is 24.3 Å². The number of amides is 2. The fourth-order valence-electron chi connectivity index (χ4n) is 3.72. The molecule has 0 aromatic heterocycles. The number of carbonyl (C=O) groups excluding carboxylic acids is 2. The number of aryl methyl sites for hydroxylation is 3. The van der Waals surface area contributed by atoms with Crippen molar-refractivity contribution in [2.45, 2.75) is 52.5 Å². The van der Waals surface area contributed by atoms with E-state index in [-0.39, 0.29) is 17.9 Å². The molecule has 30 heavy (non-hydrogen) atoms. The third-order valence-electron chi connectivity index (χ3n) is 5.80. The molecule has 1 aliphatic rings. The number of nitrogens with one attached hydrogen (secondary N) is 1. The summed E-state index contributed by atoms with van der Waals surface area (Å²) in [5.41, 5.74) is 4.17. The van der Waals surface area contributed by atoms with Gasteiger partial charge in [-0.2, -0.15) is 0 Å². The Labute approximate surface area is 179 Å². The zero-order valence-corrected chi connectivity index (χ0v) is 18.2. The smallest absolute Gasteiger partial charge is 0.253 e. The monoisotopic (exact) mass is 408 g/mol. The van der Waals surface area contributed by atoms with E-state index in [9.17, 15) is 9.59 Å². The standard InChI is InChI=1S/C25H32N2O3/c1-18-10-11-21(17-20(18)3)25(29)27-14-12-22(13-15-27)26-24(28)9-6-16-30-23-8-5-4-7-19(23)2/h4-5,7-8,10-11,17,22H,6,9,12-16H2,1-3H3,(H,26,28). The van der Waals surface area contributed by atoms with E-state index in [1.165, 1.54) is 5.56 Å². The number of carbonyl (C=O) groups is 2. The summed E-state index contributed by atoms with van der Waals surface area (Å²) < 4.78 is 5.75. The molecule has 1 heterocycles. The fourth-order valence-corrected chi connectivity index (χ4v) is 3.72. The maximum absolute atomic E-state index is 12.7. The Kier molecular flexibility index (Phi) is 7.50. The fraction of sp³-hybridized carbons (Fsp3) is 0.440. The lowest BCUT2D eigenvalue weighted by molar-refractivity contribution is -0.122. The second-order valence-electron chi connectivity index (χ2n) is 8.15. The van der Waals surface area contributed by atoms with Crippen molar-refractivity contribution in [2.75, 3.05) is 19.7 Å². The Morgan fingerprint density at radius 3 is 2.43 bits per heavy atom. The molecule has 0 atom stereocenters. The predicted molar refractivity (Wildman–Crippen MR) is 119 cm³/mol. The first-order chi connectivity index (χ1) is 14.4. The molecule has 2 amide bonds. The molecule has 0 unspecified atom stereocenters. The van der Waals surface area contributed by atoms with Gasteiger partial charge in [0.25, 0.3) is 5.91 Å². The van der Waals surface area contributed by atoms with Gasteiger partial charge < -0.3 is 15.0 Å². The van der Waals surface area contributed by atoms with Crippen LogP contribution in [0.15, 0.2) is 42.5 Å². The number of benzene rings is 2. The minimum atomic E-state index is 0.0577. The van der Waals surface area contributed by atoms with E-state index in [2.05, 4.69) is 5.32 Å². The van der Waals surface area contributed by atoms with Crippen LogP contribution in [0.25, 0.3) is 0 Å². The topological polar surface area (TPSA) is 58.6 Å². The third-order valence-corrected chi connectivity index (χ3v) is 5.80. The minimum absolute atomic E-state index is 0.0577. The number of rotatable bonds is 7. The third kappa shape index (κ3) is 5.85. The molecule has 1 N–H and O–H groups in total. The van der Waals surface area contributed by atoms with Crippen molar-refractivity contribution in [3.8, 4) is 5.75 Å². The van der Waals surface area contributed by atoms with Gasteiger partial charge in [0.2, 0.25) is 5.91 Å². The Morgan fingerprint density at radius 1 is 1.00 bits per heavy atom. The molecule has 160 valence electrons. The summed E-state index contributed by atoms with van der Waals surface area (Å²) in [7, 11) is 0. The molecule has 0 spiro atoms. The van der Waals surface area contributed by atoms with Crippen molar-refractivity contribution in [1.82, 2.24) is 10.2 Å². The van der Waals surface area contributed by atoms with Gasteiger partial charge in [-0.25, -0.2) is 0 Å². The van der Waals surface area contributed by atoms with Gasteiger partial charge in [0.05, 0.1) is 6.61 Å². The lowest BCUT2D eigenvalue weighted by atomic mass is 10.0. The van der Waals surface area contributed by atoms with Gasteiger partial charge in [-0.3, -0.25) is 9.59 Å². The van der Waals surface area contributed by atoms with Gasteiger partial charge in [0.1, 0.15) is 5.75 Å². The average molecular weight is 409 g/mol. The van der Waals surface area contributed by atoms with Crippen molar-refractivity contribution in [3.63, 3.8) is 0 Å². The number of likely N-dealkylation sites (tertiary alicyclic amines) is 1. The van der Waals surface area contributed by atoms with Crippen LogP contribution in [-0.4, -0.2) is 42.5 Å². The van der Waals surface area contributed by atoms with Crippen LogP contribution in [0.3, 0.4) is 0 Å². The van der Waals surface area contributed by atoms with E-state index in [1.54, 1.807) is 0 Å². The normalized spacial score (nSPS) is 14.4. The van der Waals surface area contributed by atoms with E-state index >= 15 is 0 Å². The second kappa shape index (κ2) is 10.3. The lowest BCUT2D eigenvalue weighted by Gasteiger charge is -2.32. The zero-order chi connectivity index (χ0) is 21.5. The largest absolute Gasteiger partial charge is 0.493 e. The molecule has 0 bridgehead atoms. The summed E-state index contributed by atoms with van der Waals surface area (Å²) in [4.78, 5) is 26.9. The van der Waals surface area contributed by atoms with Crippen LogP contribution in [0, 0.1) is 20.8 Å². The highest BCUT2D eigenvalue weighted by molar-refractivity contribution is 5.94. The quantitative estimate of drug-likeness (QED) is 0.699. The summed E-state index contributed by atoms with van der Waals surface area (Å²) in [5, 5.41) is 3.11. The number of hydrogen-bond acceptors (Lipinski definition) is 3. The summed E-state index contributed by atoms with van der Waals surface area (Å²) in [6.45, 7) is 7.97. The minimum Gasteiger partial charge on any atom is -0.493 e. The van der Waals surface area contributed by atoms with Gasteiger partial charge >= 0.3 is 0 Å². The van der Waals surface area contributed by atoms with E-state index in [0.717, 1.165) is 35.3 Å². The lowest BCUT2D eigenvalue weighted by Crippen LogP contribution is -2.46. The van der Waals surface area contributed by atoms with E-state index < -0.39 is 0 Å². The number of hydrogen-bond donors (Lipinski definition) is 1. The van der Waals surface area contributed by atoms with Crippen molar-refractivity contribution in [1.29, 1.82) is 0 Å². The number of nitrogens with zero attached hydrogens (tertiary/aromatic N) is 1. The molecule has 0 radical (unpaired) electrons. The summed E-state index contributed by atoms with van der Waals surface area (Å²) in [6.07, 6.45) is 2.72. The molecule has 2 aromatic rings. The van der Waals surface area contributed by atoms with Crippen molar-refractivity contribution < 1.29 is 14.3 Å². The Hall–Kier alpha value is -2.82. The average Bonchev–Trinajstić information content (AvgIpc) is 2.74. The van der Waals surface area contributed by atoms with Gasteiger partial charge in [0.15, 0.2) is 0 Å². The second-order valence-corrected chi connectivity index (χ2v) is 8.15. The predicted octanol–water partition coefficient (Wildman–Crippen LogP) is 4.19. The first kappa shape index (κ1) is 21.9. The summed E-state index contributed by atoms with van der Waals surface area (Å²) in [5.74, 6) is 1.01. The molecule has 1 fully saturated rings. The van der Waals surface area contributed by atoms with Crippen LogP contribution in [0.4, 0.5) is 0 Å². The highest BCUT2D eigenvalue weighted by atomic mass is 16.5. The van der Waals surface area contributed by atoms with E-state index in [0.29, 0.717) is 32.5 Å². The summed E-state index contributed by atoms with van der Waals surface area (Å²) in [6, 6.07) is 13.9. The van der Waals surface area contributed by atoms with Crippen molar-refractivity contribution in [2.24, 2.45) is 0 Å². The number of piperidine rings is 1. The molecular formula is C25H32N2O3. The maximum atomic E-state index is 12.7. The molecule has 1 saturated heterocycles. The van der Waals surface area contributed by atoms with Crippen molar-refractivity contribution in [3.05, 3.63) is 64.7 Å². The molecule has 0 aliphatic carbocycles. The molecule has 1 aliphatic heterocycles. The van der Waals surface area contributed by atoms with Crippen molar-refractivity contribution >= 4 is 11.8 Å². The zero-order valence-electron chi connectivity index (χ0n) is 18.2. The molecule has 2 aromatic carbocycles. The Bertz CT molecular complexity index is 886. The van der Waals surface area contributed by atoms with Gasteiger partial charge in [0, 0.05) is 31.1 Å². The number of ether oxygens (including phenoxy) is 1. The highest BCUT2D eigenvalue weighted by Gasteiger charge is 2.24. The molecule has 5 nitrogen and oxygen atoms in total. The van der Waals surface area contributed by atoms with Gasteiger partial charge in [-0.15, -0.1) is 0 Å². The van der Waals surface area contributed by atoms with Crippen LogP contribution < -0.4 is 10.1 Å². The van der Waals surface area contributed by atoms with Gasteiger partial charge in [-0.05, 0) is 74.9 Å². The summed E-state index contributed by atoms with van der Waals surface area (Å²) >= 11 is 0. The Morgan fingerprint density at radius 2 is 1.73 bits per heavy atom.